The molecule has 1 fully saturated rings. The van der Waals surface area contributed by atoms with E-state index >= 15 is 0 Å². The van der Waals surface area contributed by atoms with Crippen molar-refractivity contribution < 1.29 is 31.1 Å². The number of morpholine rings is 1. The summed E-state index contributed by atoms with van der Waals surface area (Å²) in [5.74, 6) is -0.0126. The lowest BCUT2D eigenvalue weighted by atomic mass is 10.1. The minimum atomic E-state index is -3.71. The molecule has 0 spiro atoms. The molecule has 12 heteroatoms. The summed E-state index contributed by atoms with van der Waals surface area (Å²) in [5.41, 5.74) is 2.22. The lowest BCUT2D eigenvalue weighted by Crippen LogP contribution is -2.48. The zero-order chi connectivity index (χ0) is 26.5. The van der Waals surface area contributed by atoms with E-state index in [-0.39, 0.29) is 18.0 Å². The van der Waals surface area contributed by atoms with Crippen molar-refractivity contribution in [3.63, 3.8) is 0 Å². The zero-order valence-electron chi connectivity index (χ0n) is 20.9. The molecule has 0 radical (unpaired) electrons. The Bertz CT molecular complexity index is 1250. The first-order valence-corrected chi connectivity index (χ1v) is 14.8. The van der Waals surface area contributed by atoms with Crippen LogP contribution in [0.2, 0.25) is 0 Å². The van der Waals surface area contributed by atoms with Crippen LogP contribution in [0.15, 0.2) is 47.4 Å². The molecule has 10 nitrogen and oxygen atoms in total. The van der Waals surface area contributed by atoms with Gasteiger partial charge in [-0.05, 0) is 68.3 Å². The normalized spacial score (nSPS) is 15.8. The fourth-order valence-electron chi connectivity index (χ4n) is 4.02. The summed E-state index contributed by atoms with van der Waals surface area (Å²) in [5, 5.41) is 2.70. The standard InChI is InChI=1S/C24H33N3O7S2/c1-18-15-19(2)17-21(16-18)27(35(4,29)30)20(3)24(28)25-9-12-34-22-5-7-23(8-6-22)36(31,32)26-10-13-33-14-11-26/h5-8,15-17,20H,9-14H2,1-4H3,(H,25,28)/t20-/m0/s1. The number of benzene rings is 2. The van der Waals surface area contributed by atoms with Crippen LogP contribution in [0, 0.1) is 13.8 Å². The number of amides is 1. The van der Waals surface area contributed by atoms with Gasteiger partial charge in [0.05, 0.1) is 36.6 Å². The minimum Gasteiger partial charge on any atom is -0.492 e. The lowest BCUT2D eigenvalue weighted by Gasteiger charge is -2.28. The highest BCUT2D eigenvalue weighted by Crippen LogP contribution is 2.24. The summed E-state index contributed by atoms with van der Waals surface area (Å²) < 4.78 is 63.7. The third kappa shape index (κ3) is 6.96. The van der Waals surface area contributed by atoms with Crippen LogP contribution in [0.4, 0.5) is 5.69 Å². The van der Waals surface area contributed by atoms with Crippen LogP contribution < -0.4 is 14.4 Å². The van der Waals surface area contributed by atoms with E-state index in [1.165, 1.54) is 23.4 Å². The van der Waals surface area contributed by atoms with Crippen molar-refractivity contribution >= 4 is 31.6 Å². The third-order valence-corrected chi connectivity index (χ3v) is 8.81. The Kier molecular flexibility index (Phi) is 8.98. The highest BCUT2D eigenvalue weighted by atomic mass is 32.2. The average Bonchev–Trinajstić information content (AvgIpc) is 2.81. The van der Waals surface area contributed by atoms with Gasteiger partial charge in [0.1, 0.15) is 18.4 Å². The summed E-state index contributed by atoms with van der Waals surface area (Å²) in [7, 11) is -7.30. The van der Waals surface area contributed by atoms with Gasteiger partial charge < -0.3 is 14.8 Å². The van der Waals surface area contributed by atoms with Crippen molar-refractivity contribution in [3.05, 3.63) is 53.6 Å². The highest BCUT2D eigenvalue weighted by molar-refractivity contribution is 7.92. The smallest absolute Gasteiger partial charge is 0.243 e. The molecular formula is C24H33N3O7S2. The third-order valence-electron chi connectivity index (χ3n) is 5.65. The SMILES string of the molecule is Cc1cc(C)cc(N([C@@H](C)C(=O)NCCOc2ccc(S(=O)(=O)N3CCOCC3)cc2)S(C)(=O)=O)c1. The Morgan fingerprint density at radius 3 is 2.19 bits per heavy atom. The van der Waals surface area contributed by atoms with Crippen molar-refractivity contribution in [2.24, 2.45) is 0 Å². The molecule has 198 valence electrons. The molecule has 1 aliphatic rings. The first-order valence-electron chi connectivity index (χ1n) is 11.6. The van der Waals surface area contributed by atoms with Gasteiger partial charge in [0, 0.05) is 13.1 Å². The van der Waals surface area contributed by atoms with Gasteiger partial charge in [-0.15, -0.1) is 0 Å². The number of hydrogen-bond donors (Lipinski definition) is 1. The van der Waals surface area contributed by atoms with Gasteiger partial charge in [0.15, 0.2) is 0 Å². The molecule has 1 aliphatic heterocycles. The molecule has 1 atom stereocenters. The molecule has 0 saturated carbocycles. The fraction of sp³-hybridized carbons (Fsp3) is 0.458. The van der Waals surface area contributed by atoms with Crippen LogP contribution in [0.5, 0.6) is 5.75 Å². The molecule has 0 bridgehead atoms. The minimum absolute atomic E-state index is 0.121. The number of nitrogens with zero attached hydrogens (tertiary/aromatic N) is 2. The molecule has 1 amide bonds. The van der Waals surface area contributed by atoms with Crippen LogP contribution in [-0.4, -0.2) is 78.8 Å². The van der Waals surface area contributed by atoms with Gasteiger partial charge in [-0.3, -0.25) is 9.10 Å². The summed E-state index contributed by atoms with van der Waals surface area (Å²) in [6.45, 7) is 6.90. The maximum atomic E-state index is 12.7. The van der Waals surface area contributed by atoms with E-state index in [1.807, 2.05) is 19.9 Å². The second-order valence-electron chi connectivity index (χ2n) is 8.71. The second kappa shape index (κ2) is 11.6. The molecule has 2 aromatic carbocycles. The predicted octanol–water partition coefficient (Wildman–Crippen LogP) is 1.67. The number of sulfonamides is 2. The van der Waals surface area contributed by atoms with Crippen molar-refractivity contribution in [2.75, 3.05) is 50.0 Å². The molecule has 1 N–H and O–H groups in total. The molecule has 3 rings (SSSR count). The number of rotatable bonds is 10. The van der Waals surface area contributed by atoms with E-state index < -0.39 is 32.0 Å². The largest absolute Gasteiger partial charge is 0.492 e. The maximum Gasteiger partial charge on any atom is 0.243 e. The fourth-order valence-corrected chi connectivity index (χ4v) is 6.59. The van der Waals surface area contributed by atoms with Crippen molar-refractivity contribution in [1.82, 2.24) is 9.62 Å². The second-order valence-corrected chi connectivity index (χ2v) is 12.5. The Morgan fingerprint density at radius 1 is 1.06 bits per heavy atom. The number of carbonyl (C=O) groups excluding carboxylic acids is 1. The molecule has 0 aromatic heterocycles. The van der Waals surface area contributed by atoms with E-state index in [1.54, 1.807) is 24.3 Å². The van der Waals surface area contributed by atoms with Gasteiger partial charge in [0.2, 0.25) is 26.0 Å². The first-order chi connectivity index (χ1) is 16.9. The zero-order valence-corrected chi connectivity index (χ0v) is 22.6. The maximum absolute atomic E-state index is 12.7. The topological polar surface area (TPSA) is 122 Å². The summed E-state index contributed by atoms with van der Waals surface area (Å²) in [4.78, 5) is 12.9. The number of hydrogen-bond acceptors (Lipinski definition) is 7. The number of anilines is 1. The van der Waals surface area contributed by atoms with Gasteiger partial charge in [-0.2, -0.15) is 4.31 Å². The number of ether oxygens (including phenoxy) is 2. The van der Waals surface area contributed by atoms with Gasteiger partial charge in [0.25, 0.3) is 0 Å². The van der Waals surface area contributed by atoms with E-state index in [9.17, 15) is 21.6 Å². The van der Waals surface area contributed by atoms with E-state index in [0.29, 0.717) is 37.7 Å². The number of nitrogens with one attached hydrogen (secondary N) is 1. The van der Waals surface area contributed by atoms with Gasteiger partial charge >= 0.3 is 0 Å². The van der Waals surface area contributed by atoms with Crippen LogP contribution in [0.3, 0.4) is 0 Å². The Hall–Kier alpha value is -2.67. The quantitative estimate of drug-likeness (QED) is 0.456. The summed E-state index contributed by atoms with van der Waals surface area (Å²) in [6.07, 6.45) is 1.07. The van der Waals surface area contributed by atoms with Crippen LogP contribution in [-0.2, 0) is 29.6 Å². The molecule has 1 heterocycles. The van der Waals surface area contributed by atoms with Crippen molar-refractivity contribution in [1.29, 1.82) is 0 Å². The number of carbonyl (C=O) groups is 1. The van der Waals surface area contributed by atoms with Crippen LogP contribution in [0.25, 0.3) is 0 Å². The van der Waals surface area contributed by atoms with E-state index in [0.717, 1.165) is 21.7 Å². The lowest BCUT2D eigenvalue weighted by molar-refractivity contribution is -0.121. The monoisotopic (exact) mass is 539 g/mol. The van der Waals surface area contributed by atoms with Gasteiger partial charge in [-0.1, -0.05) is 6.07 Å². The molecular weight excluding hydrogens is 506 g/mol. The van der Waals surface area contributed by atoms with Crippen LogP contribution >= 0.6 is 0 Å². The highest BCUT2D eigenvalue weighted by Gasteiger charge is 2.29. The Balaban J connectivity index is 1.56. The molecule has 1 saturated heterocycles. The van der Waals surface area contributed by atoms with E-state index in [4.69, 9.17) is 9.47 Å². The molecule has 0 aliphatic carbocycles. The summed E-state index contributed by atoms with van der Waals surface area (Å²) >= 11 is 0. The Morgan fingerprint density at radius 2 is 1.64 bits per heavy atom. The summed E-state index contributed by atoms with van der Waals surface area (Å²) in [6, 6.07) is 10.5. The molecule has 36 heavy (non-hydrogen) atoms. The molecule has 0 unspecified atom stereocenters. The van der Waals surface area contributed by atoms with Crippen LogP contribution in [0.1, 0.15) is 18.1 Å². The average molecular weight is 540 g/mol. The van der Waals surface area contributed by atoms with E-state index in [2.05, 4.69) is 5.32 Å². The van der Waals surface area contributed by atoms with Crippen molar-refractivity contribution in [2.45, 2.75) is 31.7 Å². The molecule has 2 aromatic rings. The predicted molar refractivity (Wildman–Crippen MR) is 137 cm³/mol. The first kappa shape index (κ1) is 27.9. The number of aryl methyl sites for hydroxylation is 2. The van der Waals surface area contributed by atoms with Gasteiger partial charge in [-0.25, -0.2) is 16.8 Å². The van der Waals surface area contributed by atoms with Crippen molar-refractivity contribution in [3.8, 4) is 5.75 Å². The Labute approximate surface area is 213 Å².